The highest BCUT2D eigenvalue weighted by molar-refractivity contribution is 7.89. The molecular formula is C21H31N3O8S. The van der Waals surface area contributed by atoms with Gasteiger partial charge in [-0.15, -0.1) is 0 Å². The largest absolute Gasteiger partial charge is 0.444 e. The first-order valence-corrected chi connectivity index (χ1v) is 12.0. The zero-order valence-electron chi connectivity index (χ0n) is 19.7. The SMILES string of the molecule is CC(C)(C)OC(=O)N1CCCC1CN(C(=O)OC(C)(C)C)S(=O)(=O)c1ccccc1[N+](=O)[O-]. The normalized spacial score (nSPS) is 16.9. The number of para-hydroxylation sites is 1. The average molecular weight is 486 g/mol. The molecule has 0 aromatic heterocycles. The van der Waals surface area contributed by atoms with Crippen LogP contribution in [0.25, 0.3) is 0 Å². The lowest BCUT2D eigenvalue weighted by molar-refractivity contribution is -0.387. The van der Waals surface area contributed by atoms with E-state index < -0.39 is 61.5 Å². The van der Waals surface area contributed by atoms with Crippen LogP contribution in [0.5, 0.6) is 0 Å². The number of nitro benzene ring substituents is 1. The molecule has 0 aliphatic carbocycles. The molecule has 1 aliphatic heterocycles. The maximum absolute atomic E-state index is 13.5. The van der Waals surface area contributed by atoms with Crippen LogP contribution in [-0.2, 0) is 19.5 Å². The van der Waals surface area contributed by atoms with E-state index in [9.17, 15) is 28.1 Å². The Morgan fingerprint density at radius 3 is 2.24 bits per heavy atom. The van der Waals surface area contributed by atoms with E-state index >= 15 is 0 Å². The Hall–Kier alpha value is -2.89. The molecule has 184 valence electrons. The molecular weight excluding hydrogens is 454 g/mol. The molecule has 0 N–H and O–H groups in total. The van der Waals surface area contributed by atoms with Gasteiger partial charge in [0.05, 0.1) is 17.5 Å². The summed E-state index contributed by atoms with van der Waals surface area (Å²) in [5.74, 6) is 0. The summed E-state index contributed by atoms with van der Waals surface area (Å²) in [7, 11) is -4.68. The quantitative estimate of drug-likeness (QED) is 0.452. The maximum atomic E-state index is 13.5. The van der Waals surface area contributed by atoms with Gasteiger partial charge in [0.2, 0.25) is 0 Å². The Balaban J connectivity index is 2.46. The molecule has 33 heavy (non-hydrogen) atoms. The van der Waals surface area contributed by atoms with Crippen molar-refractivity contribution in [2.45, 2.75) is 76.5 Å². The van der Waals surface area contributed by atoms with E-state index in [2.05, 4.69) is 0 Å². The zero-order chi connectivity index (χ0) is 25.2. The summed E-state index contributed by atoms with van der Waals surface area (Å²) < 4.78 is 38.1. The van der Waals surface area contributed by atoms with Crippen LogP contribution in [-0.4, -0.2) is 65.1 Å². The lowest BCUT2D eigenvalue weighted by Gasteiger charge is -2.32. The fraction of sp³-hybridized carbons (Fsp3) is 0.619. The van der Waals surface area contributed by atoms with Gasteiger partial charge in [0, 0.05) is 12.6 Å². The Labute approximate surface area is 193 Å². The van der Waals surface area contributed by atoms with E-state index in [-0.39, 0.29) is 0 Å². The van der Waals surface area contributed by atoms with Crippen molar-refractivity contribution in [1.29, 1.82) is 0 Å². The Morgan fingerprint density at radius 1 is 1.12 bits per heavy atom. The predicted octanol–water partition coefficient (Wildman–Crippen LogP) is 3.92. The van der Waals surface area contributed by atoms with Gasteiger partial charge in [-0.3, -0.25) is 10.1 Å². The summed E-state index contributed by atoms with van der Waals surface area (Å²) in [5, 5.41) is 11.4. The molecule has 1 aliphatic rings. The Kier molecular flexibility index (Phi) is 7.62. The molecule has 11 nitrogen and oxygen atoms in total. The van der Waals surface area contributed by atoms with Gasteiger partial charge in [-0.05, 0) is 60.5 Å². The molecule has 1 aromatic carbocycles. The van der Waals surface area contributed by atoms with Crippen LogP contribution in [0.15, 0.2) is 29.2 Å². The molecule has 0 spiro atoms. The number of benzene rings is 1. The van der Waals surface area contributed by atoms with Crippen molar-refractivity contribution < 1.29 is 32.4 Å². The number of nitro groups is 1. The van der Waals surface area contributed by atoms with Crippen molar-refractivity contribution in [2.24, 2.45) is 0 Å². The van der Waals surface area contributed by atoms with Crippen LogP contribution in [0.3, 0.4) is 0 Å². The number of carbonyl (C=O) groups excluding carboxylic acids is 2. The predicted molar refractivity (Wildman–Crippen MR) is 119 cm³/mol. The molecule has 0 radical (unpaired) electrons. The van der Waals surface area contributed by atoms with E-state index in [1.807, 2.05) is 0 Å². The third-order valence-electron chi connectivity index (χ3n) is 4.61. The van der Waals surface area contributed by atoms with E-state index in [1.54, 1.807) is 41.5 Å². The number of carbonyl (C=O) groups is 2. The molecule has 1 fully saturated rings. The monoisotopic (exact) mass is 485 g/mol. The van der Waals surface area contributed by atoms with Crippen LogP contribution in [0.2, 0.25) is 0 Å². The van der Waals surface area contributed by atoms with Crippen LogP contribution in [0, 0.1) is 10.1 Å². The topological polar surface area (TPSA) is 136 Å². The first kappa shape index (κ1) is 26.4. The van der Waals surface area contributed by atoms with Crippen LogP contribution in [0.1, 0.15) is 54.4 Å². The number of hydrogen-bond acceptors (Lipinski definition) is 8. The van der Waals surface area contributed by atoms with Crippen molar-refractivity contribution in [3.8, 4) is 0 Å². The summed E-state index contributed by atoms with van der Waals surface area (Å²) in [6.45, 7) is 9.75. The lowest BCUT2D eigenvalue weighted by Crippen LogP contribution is -2.49. The van der Waals surface area contributed by atoms with E-state index in [0.29, 0.717) is 23.7 Å². The molecule has 1 aromatic rings. The average Bonchev–Trinajstić information content (AvgIpc) is 3.11. The molecule has 1 heterocycles. The number of amides is 2. The summed E-state index contributed by atoms with van der Waals surface area (Å²) in [5.41, 5.74) is -2.44. The molecule has 1 unspecified atom stereocenters. The van der Waals surface area contributed by atoms with Gasteiger partial charge in [-0.25, -0.2) is 18.0 Å². The minimum atomic E-state index is -4.68. The number of ether oxygens (including phenoxy) is 2. The van der Waals surface area contributed by atoms with Gasteiger partial charge >= 0.3 is 12.2 Å². The van der Waals surface area contributed by atoms with Crippen LogP contribution >= 0.6 is 0 Å². The molecule has 12 heteroatoms. The minimum Gasteiger partial charge on any atom is -0.444 e. The second-order valence-electron chi connectivity index (χ2n) is 9.71. The molecule has 1 saturated heterocycles. The Morgan fingerprint density at radius 2 is 1.70 bits per heavy atom. The van der Waals surface area contributed by atoms with Crippen molar-refractivity contribution in [3.63, 3.8) is 0 Å². The van der Waals surface area contributed by atoms with E-state index in [1.165, 1.54) is 17.0 Å². The number of rotatable bonds is 5. The maximum Gasteiger partial charge on any atom is 0.424 e. The van der Waals surface area contributed by atoms with Gasteiger partial charge in [0.1, 0.15) is 11.2 Å². The summed E-state index contributed by atoms with van der Waals surface area (Å²) in [4.78, 5) is 37.0. The molecule has 2 rings (SSSR count). The third-order valence-corrected chi connectivity index (χ3v) is 6.39. The first-order valence-electron chi connectivity index (χ1n) is 10.5. The van der Waals surface area contributed by atoms with Gasteiger partial charge < -0.3 is 14.4 Å². The highest BCUT2D eigenvalue weighted by Gasteiger charge is 2.42. The smallest absolute Gasteiger partial charge is 0.424 e. The number of sulfonamides is 1. The van der Waals surface area contributed by atoms with Gasteiger partial charge in [0.15, 0.2) is 4.90 Å². The highest BCUT2D eigenvalue weighted by atomic mass is 32.2. The van der Waals surface area contributed by atoms with Crippen molar-refractivity contribution in [1.82, 2.24) is 9.21 Å². The zero-order valence-corrected chi connectivity index (χ0v) is 20.5. The molecule has 0 saturated carbocycles. The Bertz CT molecular complexity index is 1010. The van der Waals surface area contributed by atoms with Crippen molar-refractivity contribution in [3.05, 3.63) is 34.4 Å². The lowest BCUT2D eigenvalue weighted by atomic mass is 10.2. The summed E-state index contributed by atoms with van der Waals surface area (Å²) in [6, 6.07) is 4.09. The standard InChI is InChI=1S/C21H31N3O8S/c1-20(2,3)31-18(25)22-13-9-10-15(22)14-23(19(26)32-21(4,5)6)33(29,30)17-12-8-7-11-16(17)24(27)28/h7-8,11-12,15H,9-10,13-14H2,1-6H3. The fourth-order valence-corrected chi connectivity index (χ4v) is 4.80. The molecule has 0 bridgehead atoms. The van der Waals surface area contributed by atoms with Gasteiger partial charge in [-0.1, -0.05) is 12.1 Å². The molecule has 1 atom stereocenters. The second-order valence-corrected chi connectivity index (χ2v) is 11.5. The summed E-state index contributed by atoms with van der Waals surface area (Å²) in [6.07, 6.45) is -0.809. The fourth-order valence-electron chi connectivity index (χ4n) is 3.31. The van der Waals surface area contributed by atoms with Crippen LogP contribution < -0.4 is 0 Å². The number of nitrogens with zero attached hydrogens (tertiary/aromatic N) is 3. The van der Waals surface area contributed by atoms with Crippen molar-refractivity contribution in [2.75, 3.05) is 13.1 Å². The first-order chi connectivity index (χ1) is 15.0. The summed E-state index contributed by atoms with van der Waals surface area (Å²) >= 11 is 0. The second kappa shape index (κ2) is 9.54. The third kappa shape index (κ3) is 6.80. The highest BCUT2D eigenvalue weighted by Crippen LogP contribution is 2.30. The van der Waals surface area contributed by atoms with Crippen molar-refractivity contribution >= 4 is 27.9 Å². The van der Waals surface area contributed by atoms with E-state index in [4.69, 9.17) is 9.47 Å². The van der Waals surface area contributed by atoms with E-state index in [0.717, 1.165) is 12.1 Å². The van der Waals surface area contributed by atoms with Gasteiger partial charge in [0.25, 0.3) is 15.7 Å². The molecule has 2 amide bonds. The van der Waals surface area contributed by atoms with Crippen LogP contribution in [0.4, 0.5) is 15.3 Å². The number of likely N-dealkylation sites (tertiary alicyclic amines) is 1. The minimum absolute atomic E-state index is 0.327. The number of hydrogen-bond donors (Lipinski definition) is 0. The van der Waals surface area contributed by atoms with Gasteiger partial charge in [-0.2, -0.15) is 4.31 Å².